The van der Waals surface area contributed by atoms with Crippen molar-refractivity contribution in [1.82, 2.24) is 0 Å². The monoisotopic (exact) mass is 903 g/mol. The van der Waals surface area contributed by atoms with Crippen LogP contribution in [0, 0.1) is 11.7 Å². The van der Waals surface area contributed by atoms with E-state index in [1.807, 2.05) is 72.8 Å². The molecule has 2 fully saturated rings. The van der Waals surface area contributed by atoms with Crippen LogP contribution in [-0.2, 0) is 46.1 Å². The topological polar surface area (TPSA) is 138 Å². The van der Waals surface area contributed by atoms with E-state index in [4.69, 9.17) is 18.9 Å². The summed E-state index contributed by atoms with van der Waals surface area (Å²) in [7, 11) is -5.95. The van der Waals surface area contributed by atoms with Crippen LogP contribution in [0.15, 0.2) is 121 Å². The number of carbonyl (C=O) groups excluding carboxylic acids is 2. The number of β-lactam (4-membered cyclic amide) rings is 1. The van der Waals surface area contributed by atoms with Crippen molar-refractivity contribution in [2.24, 2.45) is 5.92 Å². The van der Waals surface area contributed by atoms with E-state index in [1.54, 1.807) is 26.0 Å². The van der Waals surface area contributed by atoms with Gasteiger partial charge in [-0.1, -0.05) is 91.0 Å². The van der Waals surface area contributed by atoms with Crippen LogP contribution in [0.3, 0.4) is 0 Å². The molecule has 1 unspecified atom stereocenters. The fraction of sp³-hybridized carbons (Fsp3) is 0.292. The van der Waals surface area contributed by atoms with Crippen LogP contribution in [-0.4, -0.2) is 49.9 Å². The number of carbonyl (C=O) groups is 2. The summed E-state index contributed by atoms with van der Waals surface area (Å²) in [6, 6.07) is 31.6. The maximum absolute atomic E-state index is 14.2. The van der Waals surface area contributed by atoms with Crippen LogP contribution in [0.25, 0.3) is 12.2 Å². The van der Waals surface area contributed by atoms with Crippen molar-refractivity contribution >= 4 is 39.8 Å². The van der Waals surface area contributed by atoms with Gasteiger partial charge in [-0.2, -0.15) is 21.6 Å². The lowest BCUT2D eigenvalue weighted by atomic mass is 9.77. The van der Waals surface area contributed by atoms with Crippen molar-refractivity contribution in [2.75, 3.05) is 18.1 Å². The lowest BCUT2D eigenvalue weighted by molar-refractivity contribution is -0.305. The molecule has 5 aromatic carbocycles. The molecule has 2 aliphatic rings. The Hall–Kier alpha value is -6.07. The highest BCUT2D eigenvalue weighted by Gasteiger charge is 2.51. The van der Waals surface area contributed by atoms with E-state index in [0.29, 0.717) is 22.4 Å². The average Bonchev–Trinajstić information content (AvgIpc) is 3.26. The van der Waals surface area contributed by atoms with Crippen molar-refractivity contribution in [1.29, 1.82) is 0 Å². The van der Waals surface area contributed by atoms with Crippen molar-refractivity contribution in [3.05, 3.63) is 161 Å². The molecule has 2 aliphatic heterocycles. The highest BCUT2D eigenvalue weighted by atomic mass is 32.2. The molecule has 1 N–H and O–H groups in total. The summed E-state index contributed by atoms with van der Waals surface area (Å²) < 4.78 is 104. The van der Waals surface area contributed by atoms with Gasteiger partial charge in [-0.3, -0.25) is 9.59 Å². The zero-order chi connectivity index (χ0) is 45.9. The molecule has 16 heteroatoms. The van der Waals surface area contributed by atoms with E-state index in [0.717, 1.165) is 28.8 Å². The summed E-state index contributed by atoms with van der Waals surface area (Å²) in [5.41, 5.74) is -2.55. The number of aliphatic hydroxyl groups is 1. The van der Waals surface area contributed by atoms with Crippen LogP contribution >= 0.6 is 0 Å². The van der Waals surface area contributed by atoms with E-state index in [-0.39, 0.29) is 44.3 Å². The summed E-state index contributed by atoms with van der Waals surface area (Å²) in [4.78, 5) is 27.8. The predicted molar refractivity (Wildman–Crippen MR) is 228 cm³/mol. The van der Waals surface area contributed by atoms with Crippen molar-refractivity contribution in [2.45, 2.75) is 69.3 Å². The lowest BCUT2D eigenvalue weighted by Crippen LogP contribution is -2.55. The number of amides is 1. The Bertz CT molecular complexity index is 2580. The number of alkyl halides is 3. The molecule has 64 heavy (non-hydrogen) atoms. The first-order chi connectivity index (χ1) is 30.3. The zero-order valence-corrected chi connectivity index (χ0v) is 35.8. The second-order valence-corrected chi connectivity index (χ2v) is 17.5. The number of halogens is 4. The van der Waals surface area contributed by atoms with E-state index in [9.17, 15) is 40.7 Å². The normalized spacial score (nSPS) is 18.9. The van der Waals surface area contributed by atoms with Gasteiger partial charge in [0.05, 0.1) is 25.2 Å². The fourth-order valence-electron chi connectivity index (χ4n) is 7.50. The third-order valence-electron chi connectivity index (χ3n) is 10.9. The maximum Gasteiger partial charge on any atom is 0.534 e. The minimum atomic E-state index is -5.95. The van der Waals surface area contributed by atoms with Gasteiger partial charge in [0.25, 0.3) is 0 Å². The van der Waals surface area contributed by atoms with Crippen LogP contribution in [0.1, 0.15) is 79.1 Å². The molecule has 0 saturated carbocycles. The number of hydrogen-bond donors (Lipinski definition) is 1. The van der Waals surface area contributed by atoms with E-state index < -0.39 is 62.6 Å². The first-order valence-corrected chi connectivity index (χ1v) is 21.7. The molecule has 7 rings (SSSR count). The summed E-state index contributed by atoms with van der Waals surface area (Å²) >= 11 is 0. The average molecular weight is 904 g/mol. The zero-order valence-electron chi connectivity index (χ0n) is 35.0. The lowest BCUT2D eigenvalue weighted by Gasteiger charge is -2.48. The fourth-order valence-corrected chi connectivity index (χ4v) is 7.96. The van der Waals surface area contributed by atoms with Gasteiger partial charge in [-0.25, -0.2) is 4.39 Å². The molecule has 0 bridgehead atoms. The van der Waals surface area contributed by atoms with E-state index in [1.165, 1.54) is 48.2 Å². The van der Waals surface area contributed by atoms with Crippen molar-refractivity contribution in [3.63, 3.8) is 0 Å². The van der Waals surface area contributed by atoms with Gasteiger partial charge in [0.15, 0.2) is 5.79 Å². The SMILES string of the molecule is CC(=O)OC(CC[C@H]1C(=O)N(c2ccc(OS(=O)(=O)C(F)(F)F)cc2)[C@@H]1c1ccc(C=Cc2ccc(C3(O)COC(C)(C)OC3)cc2)cc1OCc1ccccc1)c1ccc(F)cc1. The highest BCUT2D eigenvalue weighted by molar-refractivity contribution is 7.88. The van der Waals surface area contributed by atoms with Gasteiger partial charge in [0.1, 0.15) is 35.6 Å². The quantitative estimate of drug-likeness (QED) is 0.0270. The molecular formula is C48H45F4NO10S. The molecule has 0 aliphatic carbocycles. The van der Waals surface area contributed by atoms with Gasteiger partial charge in [-0.15, -0.1) is 0 Å². The van der Waals surface area contributed by atoms with E-state index >= 15 is 0 Å². The smallest absolute Gasteiger partial charge is 0.489 e. The second-order valence-electron chi connectivity index (χ2n) is 16.0. The first-order valence-electron chi connectivity index (χ1n) is 20.3. The number of nitrogens with zero attached hydrogens (tertiary/aromatic N) is 1. The van der Waals surface area contributed by atoms with E-state index in [2.05, 4.69) is 4.18 Å². The standard InChI is InChI=1S/C48H45F4NO10S/c1-31(54)62-42(35-14-18-37(49)19-15-35)26-25-41-44(53(45(41)55)38-20-22-39(23-21-38)63-64(57,58)48(50,51)52)40-24-13-33(27-43(40)59-28-34-7-5-4-6-8-34)10-9-32-11-16-36(17-12-32)47(56)29-60-46(2,3)61-30-47/h4-24,27,41-42,44,56H,25-26,28-30H2,1-3H3/t41-,42?,44-/m1/s1. The largest absolute Gasteiger partial charge is 0.534 e. The number of anilines is 1. The van der Waals surface area contributed by atoms with Gasteiger partial charge >= 0.3 is 21.6 Å². The molecule has 0 radical (unpaired) electrons. The Kier molecular flexibility index (Phi) is 13.3. The minimum Gasteiger partial charge on any atom is -0.489 e. The Morgan fingerprint density at radius 1 is 0.891 bits per heavy atom. The number of rotatable bonds is 15. The number of hydrogen-bond acceptors (Lipinski definition) is 10. The second kappa shape index (κ2) is 18.6. The van der Waals surface area contributed by atoms with Gasteiger partial charge in [-0.05, 0) is 97.0 Å². The number of esters is 1. The van der Waals surface area contributed by atoms with Crippen molar-refractivity contribution in [3.8, 4) is 11.5 Å². The molecule has 2 heterocycles. The molecule has 0 spiro atoms. The Labute approximate surface area is 367 Å². The number of ether oxygens (including phenoxy) is 4. The van der Waals surface area contributed by atoms with Gasteiger partial charge in [0, 0.05) is 18.2 Å². The third kappa shape index (κ3) is 10.6. The molecule has 11 nitrogen and oxygen atoms in total. The summed E-state index contributed by atoms with van der Waals surface area (Å²) in [6.45, 7) is 5.12. The summed E-state index contributed by atoms with van der Waals surface area (Å²) in [5.74, 6) is -3.15. The number of benzene rings is 5. The van der Waals surface area contributed by atoms with Gasteiger partial charge < -0.3 is 33.1 Å². The Morgan fingerprint density at radius 3 is 2.14 bits per heavy atom. The molecule has 1 amide bonds. The molecule has 5 aromatic rings. The minimum absolute atomic E-state index is 0.0746. The van der Waals surface area contributed by atoms with Crippen LogP contribution < -0.4 is 13.8 Å². The van der Waals surface area contributed by atoms with Gasteiger partial charge in [0.2, 0.25) is 5.91 Å². The van der Waals surface area contributed by atoms with Crippen LogP contribution in [0.5, 0.6) is 11.5 Å². The third-order valence-corrected chi connectivity index (χ3v) is 11.9. The molecule has 336 valence electrons. The molecule has 3 atom stereocenters. The Balaban J connectivity index is 1.21. The Morgan fingerprint density at radius 2 is 1.52 bits per heavy atom. The summed E-state index contributed by atoms with van der Waals surface area (Å²) in [6.07, 6.45) is 3.29. The first kappa shape index (κ1) is 45.9. The predicted octanol–water partition coefficient (Wildman–Crippen LogP) is 9.56. The van der Waals surface area contributed by atoms with Crippen LogP contribution in [0.2, 0.25) is 0 Å². The van der Waals surface area contributed by atoms with Crippen molar-refractivity contribution < 1.29 is 63.8 Å². The maximum atomic E-state index is 14.2. The molecule has 0 aromatic heterocycles. The summed E-state index contributed by atoms with van der Waals surface area (Å²) in [5, 5.41) is 11.2. The van der Waals surface area contributed by atoms with Crippen LogP contribution in [0.4, 0.5) is 23.2 Å². The molecule has 2 saturated heterocycles. The highest BCUT2D eigenvalue weighted by Crippen LogP contribution is 2.50. The molecular weight excluding hydrogens is 859 g/mol.